The van der Waals surface area contributed by atoms with Gasteiger partial charge in [0.1, 0.15) is 0 Å². The zero-order chi connectivity index (χ0) is 13.3. The van der Waals surface area contributed by atoms with E-state index < -0.39 is 0 Å². The van der Waals surface area contributed by atoms with Gasteiger partial charge in [0.25, 0.3) is 0 Å². The zero-order valence-corrected chi connectivity index (χ0v) is 11.3. The number of carbonyl (C=O) groups is 1. The maximum Gasteiger partial charge on any atom is 0.227 e. The van der Waals surface area contributed by atoms with Crippen LogP contribution in [0.4, 0.5) is 11.4 Å². The largest absolute Gasteiger partial charge is 0.398 e. The molecule has 3 N–H and O–H groups in total. The van der Waals surface area contributed by atoms with E-state index in [1.807, 2.05) is 26.0 Å². The molecule has 1 aliphatic rings. The fraction of sp³-hybridized carbons (Fsp3) is 0.500. The van der Waals surface area contributed by atoms with Crippen LogP contribution in [0.15, 0.2) is 18.2 Å². The summed E-state index contributed by atoms with van der Waals surface area (Å²) in [6, 6.07) is 5.95. The van der Waals surface area contributed by atoms with Crippen molar-refractivity contribution in [2.75, 3.05) is 30.8 Å². The quantitative estimate of drug-likeness (QED) is 0.779. The van der Waals surface area contributed by atoms with Crippen LogP contribution in [0.2, 0.25) is 0 Å². The molecule has 0 aliphatic carbocycles. The molecule has 0 aromatic heterocycles. The van der Waals surface area contributed by atoms with Gasteiger partial charge in [0, 0.05) is 31.5 Å². The first-order valence-electron chi connectivity index (χ1n) is 6.30. The highest BCUT2D eigenvalue weighted by molar-refractivity contribution is 5.83. The van der Waals surface area contributed by atoms with Crippen LogP contribution in [-0.2, 0) is 4.79 Å². The van der Waals surface area contributed by atoms with Gasteiger partial charge < -0.3 is 16.0 Å². The van der Waals surface area contributed by atoms with Crippen molar-refractivity contribution in [3.05, 3.63) is 23.8 Å². The molecular weight excluding hydrogens is 226 g/mol. The van der Waals surface area contributed by atoms with Crippen LogP contribution in [0, 0.1) is 12.3 Å². The van der Waals surface area contributed by atoms with Gasteiger partial charge in [-0.1, -0.05) is 6.07 Å². The van der Waals surface area contributed by atoms with E-state index in [1.165, 1.54) is 0 Å². The number of nitrogen functional groups attached to an aromatic ring is 1. The van der Waals surface area contributed by atoms with Crippen molar-refractivity contribution < 1.29 is 4.79 Å². The lowest BCUT2D eigenvalue weighted by Gasteiger charge is -2.25. The third-order valence-corrected chi connectivity index (χ3v) is 3.94. The summed E-state index contributed by atoms with van der Waals surface area (Å²) in [4.78, 5) is 14.2. The lowest BCUT2D eigenvalue weighted by atomic mass is 9.89. The number of nitrogens with two attached hydrogens (primary N) is 1. The molecule has 0 spiro atoms. The fourth-order valence-corrected chi connectivity index (χ4v) is 2.64. The number of nitrogens with zero attached hydrogens (tertiary/aromatic N) is 1. The molecule has 1 fully saturated rings. The van der Waals surface area contributed by atoms with Gasteiger partial charge in [-0.3, -0.25) is 4.79 Å². The molecule has 1 saturated heterocycles. The molecule has 1 atom stereocenters. The van der Waals surface area contributed by atoms with Crippen LogP contribution in [0.3, 0.4) is 0 Å². The van der Waals surface area contributed by atoms with Gasteiger partial charge in [0.15, 0.2) is 0 Å². The molecule has 0 radical (unpaired) electrons. The zero-order valence-electron chi connectivity index (χ0n) is 11.3. The highest BCUT2D eigenvalue weighted by Crippen LogP contribution is 2.35. The number of benzene rings is 1. The highest BCUT2D eigenvalue weighted by atomic mass is 16.2. The summed E-state index contributed by atoms with van der Waals surface area (Å²) in [6.45, 7) is 5.69. The minimum Gasteiger partial charge on any atom is -0.398 e. The minimum atomic E-state index is -0.300. The second kappa shape index (κ2) is 4.52. The Labute approximate surface area is 108 Å². The molecule has 4 heteroatoms. The summed E-state index contributed by atoms with van der Waals surface area (Å²) in [5.74, 6) is 0.117. The summed E-state index contributed by atoms with van der Waals surface area (Å²) >= 11 is 0. The molecule has 98 valence electrons. The molecule has 4 nitrogen and oxygen atoms in total. The molecule has 18 heavy (non-hydrogen) atoms. The number of carbonyl (C=O) groups excluding carboxylic acids is 1. The van der Waals surface area contributed by atoms with Crippen LogP contribution in [-0.4, -0.2) is 26.0 Å². The van der Waals surface area contributed by atoms with E-state index in [-0.39, 0.29) is 11.3 Å². The first kappa shape index (κ1) is 12.7. The molecule has 1 amide bonds. The van der Waals surface area contributed by atoms with Crippen LogP contribution in [0.25, 0.3) is 0 Å². The molecule has 0 saturated carbocycles. The first-order chi connectivity index (χ1) is 8.48. The number of hydrogen-bond acceptors (Lipinski definition) is 3. The highest BCUT2D eigenvalue weighted by Gasteiger charge is 2.40. The normalized spacial score (nSPS) is 23.2. The van der Waals surface area contributed by atoms with Gasteiger partial charge in [0.05, 0.1) is 5.41 Å². The standard InChI is InChI=1S/C14H21N3O/c1-10-11(15)5-4-6-12(10)17-8-7-14(2,9-17)13(18)16-3/h4-6H,7-9,15H2,1-3H3,(H,16,18). The molecular formula is C14H21N3O. The second-order valence-electron chi connectivity index (χ2n) is 5.30. The third-order valence-electron chi connectivity index (χ3n) is 3.94. The Balaban J connectivity index is 2.23. The van der Waals surface area contributed by atoms with Crippen LogP contribution >= 0.6 is 0 Å². The number of anilines is 2. The lowest BCUT2D eigenvalue weighted by Crippen LogP contribution is -2.39. The third kappa shape index (κ3) is 2.03. The van der Waals surface area contributed by atoms with E-state index in [0.717, 1.165) is 36.4 Å². The Kier molecular flexibility index (Phi) is 3.20. The molecule has 1 aliphatic heterocycles. The van der Waals surface area contributed by atoms with E-state index in [2.05, 4.69) is 16.3 Å². The summed E-state index contributed by atoms with van der Waals surface area (Å²) < 4.78 is 0. The smallest absolute Gasteiger partial charge is 0.227 e. The summed E-state index contributed by atoms with van der Waals surface area (Å²) in [7, 11) is 1.70. The predicted octanol–water partition coefficient (Wildman–Crippen LogP) is 1.54. The Morgan fingerprint density at radius 2 is 2.22 bits per heavy atom. The van der Waals surface area contributed by atoms with Crippen LogP contribution in [0.1, 0.15) is 18.9 Å². The number of hydrogen-bond donors (Lipinski definition) is 2. The molecule has 0 bridgehead atoms. The van der Waals surface area contributed by atoms with Crippen molar-refractivity contribution in [3.63, 3.8) is 0 Å². The average molecular weight is 247 g/mol. The van der Waals surface area contributed by atoms with Crippen molar-refractivity contribution in [1.82, 2.24) is 5.32 Å². The van der Waals surface area contributed by atoms with Crippen molar-refractivity contribution in [2.24, 2.45) is 5.41 Å². The van der Waals surface area contributed by atoms with Crippen molar-refractivity contribution in [2.45, 2.75) is 20.3 Å². The van der Waals surface area contributed by atoms with Crippen molar-refractivity contribution in [3.8, 4) is 0 Å². The Morgan fingerprint density at radius 1 is 1.50 bits per heavy atom. The van der Waals surface area contributed by atoms with E-state index in [0.29, 0.717) is 0 Å². The Morgan fingerprint density at radius 3 is 2.89 bits per heavy atom. The minimum absolute atomic E-state index is 0.117. The van der Waals surface area contributed by atoms with Crippen molar-refractivity contribution in [1.29, 1.82) is 0 Å². The molecule has 1 unspecified atom stereocenters. The van der Waals surface area contributed by atoms with E-state index >= 15 is 0 Å². The Bertz CT molecular complexity index is 472. The second-order valence-corrected chi connectivity index (χ2v) is 5.30. The number of rotatable bonds is 2. The molecule has 1 aromatic rings. The maximum atomic E-state index is 11.9. The maximum absolute atomic E-state index is 11.9. The molecule has 1 aromatic carbocycles. The van der Waals surface area contributed by atoms with Gasteiger partial charge in [0.2, 0.25) is 5.91 Å². The average Bonchev–Trinajstić information content (AvgIpc) is 2.75. The number of nitrogens with one attached hydrogen (secondary N) is 1. The van der Waals surface area contributed by atoms with Gasteiger partial charge in [-0.2, -0.15) is 0 Å². The number of amides is 1. The SMILES string of the molecule is CNC(=O)C1(C)CCN(c2cccc(N)c2C)C1. The molecule has 2 rings (SSSR count). The van der Waals surface area contributed by atoms with Crippen molar-refractivity contribution >= 4 is 17.3 Å². The predicted molar refractivity (Wildman–Crippen MR) is 74.6 cm³/mol. The summed E-state index contributed by atoms with van der Waals surface area (Å²) in [5.41, 5.74) is 8.68. The van der Waals surface area contributed by atoms with Crippen LogP contribution < -0.4 is 16.0 Å². The first-order valence-corrected chi connectivity index (χ1v) is 6.30. The van der Waals surface area contributed by atoms with Gasteiger partial charge in [-0.15, -0.1) is 0 Å². The van der Waals surface area contributed by atoms with Gasteiger partial charge in [-0.05, 0) is 38.0 Å². The van der Waals surface area contributed by atoms with Gasteiger partial charge in [-0.25, -0.2) is 0 Å². The molecule has 1 heterocycles. The summed E-state index contributed by atoms with van der Waals surface area (Å²) in [6.07, 6.45) is 0.876. The van der Waals surface area contributed by atoms with E-state index in [4.69, 9.17) is 5.73 Å². The van der Waals surface area contributed by atoms with E-state index in [9.17, 15) is 4.79 Å². The monoisotopic (exact) mass is 247 g/mol. The van der Waals surface area contributed by atoms with Crippen LogP contribution in [0.5, 0.6) is 0 Å². The lowest BCUT2D eigenvalue weighted by molar-refractivity contribution is -0.128. The fourth-order valence-electron chi connectivity index (χ4n) is 2.64. The topological polar surface area (TPSA) is 58.4 Å². The van der Waals surface area contributed by atoms with Gasteiger partial charge >= 0.3 is 0 Å². The summed E-state index contributed by atoms with van der Waals surface area (Å²) in [5, 5.41) is 2.76. The Hall–Kier alpha value is -1.71. The van der Waals surface area contributed by atoms with E-state index in [1.54, 1.807) is 7.05 Å².